The number of hydrogen-bond acceptors (Lipinski definition) is 2. The zero-order valence-corrected chi connectivity index (χ0v) is 21.6. The van der Waals surface area contributed by atoms with E-state index in [-0.39, 0.29) is 12.1 Å². The summed E-state index contributed by atoms with van der Waals surface area (Å²) < 4.78 is 5.61. The summed E-state index contributed by atoms with van der Waals surface area (Å²) in [6, 6.07) is 0. The third kappa shape index (κ3) is 4.05. The van der Waals surface area contributed by atoms with Crippen molar-refractivity contribution in [3.63, 3.8) is 0 Å². The normalized spacial score (nSPS) is 40.8. The minimum atomic E-state index is -0.127. The summed E-state index contributed by atoms with van der Waals surface area (Å²) in [7, 11) is 0. The van der Waals surface area contributed by atoms with E-state index in [4.69, 9.17) is 4.74 Å². The first-order chi connectivity index (χ1) is 15.1. The van der Waals surface area contributed by atoms with Crippen molar-refractivity contribution in [1.29, 1.82) is 0 Å². The van der Waals surface area contributed by atoms with E-state index in [1.54, 1.807) is 18.1 Å². The van der Waals surface area contributed by atoms with Crippen LogP contribution in [0.5, 0.6) is 0 Å². The molecule has 2 nitrogen and oxygen atoms in total. The molecule has 2 fully saturated rings. The van der Waals surface area contributed by atoms with Gasteiger partial charge in [-0.05, 0) is 96.9 Å². The van der Waals surface area contributed by atoms with Gasteiger partial charge in [0.15, 0.2) is 0 Å². The maximum Gasteiger partial charge on any atom is 0.302 e. The van der Waals surface area contributed by atoms with Gasteiger partial charge in [0.1, 0.15) is 6.10 Å². The van der Waals surface area contributed by atoms with Crippen molar-refractivity contribution in [3.05, 3.63) is 35.5 Å². The number of carbonyl (C=O) groups excluding carboxylic acids is 1. The molecule has 0 spiro atoms. The van der Waals surface area contributed by atoms with Gasteiger partial charge in [-0.15, -0.1) is 0 Å². The van der Waals surface area contributed by atoms with E-state index in [0.717, 1.165) is 18.8 Å². The van der Waals surface area contributed by atoms with Crippen LogP contribution < -0.4 is 0 Å². The van der Waals surface area contributed by atoms with Crippen LogP contribution in [0, 0.1) is 46.3 Å². The van der Waals surface area contributed by atoms with Gasteiger partial charge in [-0.3, -0.25) is 4.79 Å². The van der Waals surface area contributed by atoms with Crippen LogP contribution in [0.25, 0.3) is 0 Å². The Morgan fingerprint density at radius 3 is 2.53 bits per heavy atom. The molecule has 0 aromatic heterocycles. The molecule has 0 aromatic carbocycles. The van der Waals surface area contributed by atoms with Gasteiger partial charge in [0.05, 0.1) is 0 Å². The van der Waals surface area contributed by atoms with E-state index < -0.39 is 0 Å². The van der Waals surface area contributed by atoms with Gasteiger partial charge in [0.2, 0.25) is 0 Å². The van der Waals surface area contributed by atoms with Crippen LogP contribution in [0.15, 0.2) is 35.5 Å². The Hall–Kier alpha value is -1.31. The fourth-order valence-electron chi connectivity index (χ4n) is 7.82. The van der Waals surface area contributed by atoms with E-state index >= 15 is 0 Å². The van der Waals surface area contributed by atoms with Crippen LogP contribution in [-0.2, 0) is 9.53 Å². The number of ether oxygens (including phenoxy) is 1. The van der Waals surface area contributed by atoms with Crippen molar-refractivity contribution in [2.24, 2.45) is 46.3 Å². The summed E-state index contributed by atoms with van der Waals surface area (Å²) in [6.07, 6.45) is 18.6. The Balaban J connectivity index is 1.57. The molecule has 8 unspecified atom stereocenters. The topological polar surface area (TPSA) is 26.3 Å². The molecule has 4 rings (SSSR count). The number of esters is 1. The van der Waals surface area contributed by atoms with Crippen LogP contribution in [-0.4, -0.2) is 12.1 Å². The smallest absolute Gasteiger partial charge is 0.302 e. The number of carbonyl (C=O) groups is 1. The standard InChI is InChI=1S/C30H46O2/c1-19(2)20(3)8-9-21(4)26-12-13-27-25-11-10-23-18-24(32-22(5)31)14-16-29(23,6)28(25)15-17-30(26,27)7/h8-11,19-21,23-24,26,28H,12-18H2,1-7H3. The Kier molecular flexibility index (Phi) is 6.56. The number of fused-ring (bicyclic) bond motifs is 4. The molecule has 0 bridgehead atoms. The highest BCUT2D eigenvalue weighted by Gasteiger charge is 2.54. The van der Waals surface area contributed by atoms with Gasteiger partial charge in [-0.25, -0.2) is 0 Å². The Morgan fingerprint density at radius 1 is 1.09 bits per heavy atom. The minimum Gasteiger partial charge on any atom is -0.463 e. The predicted octanol–water partition coefficient (Wildman–Crippen LogP) is 7.90. The number of hydrogen-bond donors (Lipinski definition) is 0. The molecule has 32 heavy (non-hydrogen) atoms. The number of allylic oxidation sites excluding steroid dienone is 6. The predicted molar refractivity (Wildman–Crippen MR) is 133 cm³/mol. The highest BCUT2D eigenvalue weighted by molar-refractivity contribution is 5.66. The van der Waals surface area contributed by atoms with Crippen LogP contribution in [0.2, 0.25) is 0 Å². The van der Waals surface area contributed by atoms with Crippen LogP contribution >= 0.6 is 0 Å². The van der Waals surface area contributed by atoms with Crippen molar-refractivity contribution < 1.29 is 9.53 Å². The minimum absolute atomic E-state index is 0.106. The second-order valence-electron chi connectivity index (χ2n) is 12.4. The van der Waals surface area contributed by atoms with Crippen molar-refractivity contribution in [2.75, 3.05) is 0 Å². The highest BCUT2D eigenvalue weighted by atomic mass is 16.5. The van der Waals surface area contributed by atoms with Gasteiger partial charge < -0.3 is 4.74 Å². The zero-order valence-electron chi connectivity index (χ0n) is 21.6. The fraction of sp³-hybridized carbons (Fsp3) is 0.767. The van der Waals surface area contributed by atoms with Crippen molar-refractivity contribution in [2.45, 2.75) is 99.5 Å². The average Bonchev–Trinajstić information content (AvgIpc) is 3.08. The van der Waals surface area contributed by atoms with Crippen molar-refractivity contribution in [1.82, 2.24) is 0 Å². The van der Waals surface area contributed by atoms with Gasteiger partial charge >= 0.3 is 5.97 Å². The molecule has 0 heterocycles. The first-order valence-electron chi connectivity index (χ1n) is 13.3. The summed E-state index contributed by atoms with van der Waals surface area (Å²) >= 11 is 0. The first-order valence-corrected chi connectivity index (χ1v) is 13.3. The van der Waals surface area contributed by atoms with E-state index in [0.29, 0.717) is 40.4 Å². The van der Waals surface area contributed by atoms with Crippen LogP contribution in [0.3, 0.4) is 0 Å². The summed E-state index contributed by atoms with van der Waals surface area (Å²) in [5.74, 6) is 3.87. The maximum atomic E-state index is 11.5. The van der Waals surface area contributed by atoms with E-state index in [2.05, 4.69) is 65.8 Å². The lowest BCUT2D eigenvalue weighted by Gasteiger charge is -2.54. The molecule has 0 aromatic rings. The Morgan fingerprint density at radius 2 is 1.84 bits per heavy atom. The largest absolute Gasteiger partial charge is 0.463 e. The quantitative estimate of drug-likeness (QED) is 0.322. The van der Waals surface area contributed by atoms with Crippen LogP contribution in [0.1, 0.15) is 93.4 Å². The van der Waals surface area contributed by atoms with Gasteiger partial charge in [0, 0.05) is 6.92 Å². The summed E-state index contributed by atoms with van der Waals surface area (Å²) in [6.45, 7) is 16.1. The lowest BCUT2D eigenvalue weighted by Crippen LogP contribution is -2.47. The van der Waals surface area contributed by atoms with Gasteiger partial charge in [-0.2, -0.15) is 0 Å². The lowest BCUT2D eigenvalue weighted by atomic mass is 9.50. The van der Waals surface area contributed by atoms with Gasteiger partial charge in [-0.1, -0.05) is 71.4 Å². The molecule has 4 aliphatic carbocycles. The molecular weight excluding hydrogens is 392 g/mol. The molecule has 2 heteroatoms. The van der Waals surface area contributed by atoms with Gasteiger partial charge in [0.25, 0.3) is 0 Å². The zero-order chi connectivity index (χ0) is 23.3. The average molecular weight is 439 g/mol. The lowest BCUT2D eigenvalue weighted by molar-refractivity contribution is -0.150. The van der Waals surface area contributed by atoms with E-state index in [1.807, 2.05) is 0 Å². The van der Waals surface area contributed by atoms with Crippen molar-refractivity contribution in [3.8, 4) is 0 Å². The van der Waals surface area contributed by atoms with Crippen LogP contribution in [0.4, 0.5) is 0 Å². The summed E-state index contributed by atoms with van der Waals surface area (Å²) in [5, 5.41) is 0. The highest BCUT2D eigenvalue weighted by Crippen LogP contribution is 2.64. The monoisotopic (exact) mass is 438 g/mol. The molecule has 8 atom stereocenters. The molecule has 0 saturated heterocycles. The second kappa shape index (κ2) is 8.80. The Labute approximate surface area is 197 Å². The van der Waals surface area contributed by atoms with Crippen molar-refractivity contribution >= 4 is 5.97 Å². The third-order valence-electron chi connectivity index (χ3n) is 10.3. The third-order valence-corrected chi connectivity index (χ3v) is 10.3. The summed E-state index contributed by atoms with van der Waals surface area (Å²) in [4.78, 5) is 11.5. The molecule has 2 saturated carbocycles. The maximum absolute atomic E-state index is 11.5. The molecular formula is C30H46O2. The molecule has 4 aliphatic rings. The van der Waals surface area contributed by atoms with E-state index in [9.17, 15) is 4.79 Å². The second-order valence-corrected chi connectivity index (χ2v) is 12.4. The SMILES string of the molecule is CC(=O)OC1CCC2(C)C(C=CC3=C4CCC(C(C)C=CC(C)C(C)C)C4(C)CCC32)C1. The molecule has 0 N–H and O–H groups in total. The molecule has 0 aliphatic heterocycles. The summed E-state index contributed by atoms with van der Waals surface area (Å²) in [5.41, 5.74) is 4.16. The van der Waals surface area contributed by atoms with E-state index in [1.165, 1.54) is 32.1 Å². The molecule has 0 radical (unpaired) electrons. The molecule has 0 amide bonds. The Bertz CT molecular complexity index is 817. The first kappa shape index (κ1) is 23.8. The fourth-order valence-corrected chi connectivity index (χ4v) is 7.82. The molecule has 178 valence electrons. The number of rotatable bonds is 5.